The highest BCUT2D eigenvalue weighted by Gasteiger charge is 2.05. The molecule has 3 N–H and O–H groups in total. The minimum absolute atomic E-state index is 0. The van der Waals surface area contributed by atoms with Gasteiger partial charge in [0.25, 0.3) is 5.91 Å². The van der Waals surface area contributed by atoms with E-state index in [1.165, 1.54) is 7.11 Å². The first-order valence-electron chi connectivity index (χ1n) is 8.01. The van der Waals surface area contributed by atoms with E-state index in [0.29, 0.717) is 37.2 Å². The molecule has 2 aromatic carbocycles. The monoisotopic (exact) mass is 378 g/mol. The summed E-state index contributed by atoms with van der Waals surface area (Å²) in [6.45, 7) is 0.858. The average Bonchev–Trinajstić information content (AvgIpc) is 2.64. The molecule has 0 aromatic heterocycles. The molecule has 0 saturated carbocycles. The van der Waals surface area contributed by atoms with Crippen molar-refractivity contribution in [1.29, 1.82) is 0 Å². The Labute approximate surface area is 159 Å². The van der Waals surface area contributed by atoms with E-state index in [0.717, 1.165) is 11.3 Å². The number of carbonyl (C=O) groups excluding carboxylic acids is 2. The fraction of sp³-hybridized carbons (Fsp3) is 0.263. The molecule has 0 aliphatic heterocycles. The van der Waals surface area contributed by atoms with Crippen molar-refractivity contribution in [3.63, 3.8) is 0 Å². The predicted molar refractivity (Wildman–Crippen MR) is 102 cm³/mol. The summed E-state index contributed by atoms with van der Waals surface area (Å²) in [7, 11) is 1.37. The van der Waals surface area contributed by atoms with Crippen LogP contribution in [0.25, 0.3) is 0 Å². The molecule has 6 nitrogen and oxygen atoms in total. The maximum absolute atomic E-state index is 12.1. The summed E-state index contributed by atoms with van der Waals surface area (Å²) in [4.78, 5) is 23.1. The maximum Gasteiger partial charge on any atom is 0.305 e. The van der Waals surface area contributed by atoms with E-state index >= 15 is 0 Å². The number of esters is 1. The van der Waals surface area contributed by atoms with Gasteiger partial charge in [0.05, 0.1) is 13.7 Å². The number of nitrogens with one attached hydrogen (secondary N) is 1. The number of anilines is 1. The second kappa shape index (κ2) is 11.0. The lowest BCUT2D eigenvalue weighted by molar-refractivity contribution is -0.140. The first kappa shape index (κ1) is 21.3. The van der Waals surface area contributed by atoms with Crippen LogP contribution in [0.1, 0.15) is 28.8 Å². The second-order valence-corrected chi connectivity index (χ2v) is 5.48. The van der Waals surface area contributed by atoms with E-state index in [-0.39, 0.29) is 24.3 Å². The Morgan fingerprint density at radius 2 is 1.85 bits per heavy atom. The van der Waals surface area contributed by atoms with Crippen molar-refractivity contribution in [1.82, 2.24) is 5.32 Å². The van der Waals surface area contributed by atoms with Gasteiger partial charge in [0.15, 0.2) is 0 Å². The van der Waals surface area contributed by atoms with E-state index < -0.39 is 0 Å². The topological polar surface area (TPSA) is 90.6 Å². The Balaban J connectivity index is 0.00000338. The molecule has 0 heterocycles. The van der Waals surface area contributed by atoms with Gasteiger partial charge in [-0.25, -0.2) is 0 Å². The van der Waals surface area contributed by atoms with Crippen LogP contribution in [0.15, 0.2) is 48.5 Å². The number of rotatable bonds is 8. The Hall–Kier alpha value is -2.73. The fourth-order valence-corrected chi connectivity index (χ4v) is 2.18. The van der Waals surface area contributed by atoms with Gasteiger partial charge in [-0.05, 0) is 42.3 Å². The summed E-state index contributed by atoms with van der Waals surface area (Å²) in [5.74, 6) is 0.307. The normalized spacial score (nSPS) is 9.73. The quantitative estimate of drug-likeness (QED) is 0.418. The number of ether oxygens (including phenoxy) is 2. The number of hydrogen-bond donors (Lipinski definition) is 2. The summed E-state index contributed by atoms with van der Waals surface area (Å²) in [5, 5.41) is 2.85. The molecule has 0 unspecified atom stereocenters. The molecule has 0 saturated heterocycles. The van der Waals surface area contributed by atoms with Crippen LogP contribution in [0, 0.1) is 0 Å². The molecule has 0 bridgehead atoms. The van der Waals surface area contributed by atoms with Crippen LogP contribution < -0.4 is 15.8 Å². The Kier molecular flexibility index (Phi) is 9.01. The van der Waals surface area contributed by atoms with Crippen LogP contribution >= 0.6 is 12.4 Å². The smallest absolute Gasteiger partial charge is 0.305 e. The van der Waals surface area contributed by atoms with Gasteiger partial charge >= 0.3 is 5.97 Å². The highest BCUT2D eigenvalue weighted by atomic mass is 35.5. The Morgan fingerprint density at radius 3 is 2.50 bits per heavy atom. The van der Waals surface area contributed by atoms with Crippen LogP contribution in [-0.2, 0) is 16.1 Å². The maximum atomic E-state index is 12.1. The van der Waals surface area contributed by atoms with E-state index in [4.69, 9.17) is 10.5 Å². The van der Waals surface area contributed by atoms with Crippen molar-refractivity contribution in [3.8, 4) is 5.75 Å². The largest absolute Gasteiger partial charge is 0.494 e. The van der Waals surface area contributed by atoms with Crippen LogP contribution in [0.4, 0.5) is 5.69 Å². The van der Waals surface area contributed by atoms with Gasteiger partial charge in [0.1, 0.15) is 5.75 Å². The zero-order valence-corrected chi connectivity index (χ0v) is 15.4. The molecule has 1 amide bonds. The molecule has 0 fully saturated rings. The van der Waals surface area contributed by atoms with Crippen molar-refractivity contribution in [3.05, 3.63) is 59.7 Å². The van der Waals surface area contributed by atoms with Crippen LogP contribution in [0.3, 0.4) is 0 Å². The standard InChI is InChI=1S/C19H22N2O4.ClH/c1-24-18(22)6-3-11-25-17-9-7-14(8-10-17)13-21-19(23)15-4-2-5-16(20)12-15;/h2,4-5,7-10,12H,3,6,11,13,20H2,1H3,(H,21,23);1H. The second-order valence-electron chi connectivity index (χ2n) is 5.48. The van der Waals surface area contributed by atoms with E-state index in [1.54, 1.807) is 24.3 Å². The predicted octanol–water partition coefficient (Wildman–Crippen LogP) is 2.95. The molecule has 2 aromatic rings. The molecule has 0 aliphatic rings. The van der Waals surface area contributed by atoms with E-state index in [1.807, 2.05) is 24.3 Å². The van der Waals surface area contributed by atoms with Crippen molar-refractivity contribution < 1.29 is 19.1 Å². The van der Waals surface area contributed by atoms with Crippen LogP contribution in [-0.4, -0.2) is 25.6 Å². The summed E-state index contributed by atoms with van der Waals surface area (Å²) in [5.41, 5.74) is 7.72. The number of carbonyl (C=O) groups is 2. The van der Waals surface area contributed by atoms with Crippen molar-refractivity contribution in [2.45, 2.75) is 19.4 Å². The van der Waals surface area contributed by atoms with Gasteiger partial charge in [-0.15, -0.1) is 12.4 Å². The van der Waals surface area contributed by atoms with Gasteiger partial charge in [0, 0.05) is 24.2 Å². The molecule has 0 radical (unpaired) electrons. The molecular weight excluding hydrogens is 356 g/mol. The van der Waals surface area contributed by atoms with Gasteiger partial charge in [0.2, 0.25) is 0 Å². The number of methoxy groups -OCH3 is 1. The summed E-state index contributed by atoms with van der Waals surface area (Å²) < 4.78 is 10.1. The minimum Gasteiger partial charge on any atom is -0.494 e. The molecule has 0 atom stereocenters. The molecule has 2 rings (SSSR count). The molecule has 140 valence electrons. The average molecular weight is 379 g/mol. The molecule has 0 aliphatic carbocycles. The van der Waals surface area contributed by atoms with Crippen molar-refractivity contribution in [2.24, 2.45) is 0 Å². The highest BCUT2D eigenvalue weighted by molar-refractivity contribution is 5.94. The van der Waals surface area contributed by atoms with Crippen molar-refractivity contribution in [2.75, 3.05) is 19.5 Å². The lowest BCUT2D eigenvalue weighted by Gasteiger charge is -2.08. The van der Waals surface area contributed by atoms with Gasteiger partial charge in [-0.2, -0.15) is 0 Å². The first-order valence-corrected chi connectivity index (χ1v) is 8.01. The number of benzene rings is 2. The highest BCUT2D eigenvalue weighted by Crippen LogP contribution is 2.13. The molecular formula is C19H23ClN2O4. The lowest BCUT2D eigenvalue weighted by Crippen LogP contribution is -2.22. The number of hydrogen-bond acceptors (Lipinski definition) is 5. The summed E-state index contributed by atoms with van der Waals surface area (Å²) in [6, 6.07) is 14.3. The third-order valence-electron chi connectivity index (χ3n) is 3.55. The Morgan fingerprint density at radius 1 is 1.12 bits per heavy atom. The van der Waals surface area contributed by atoms with Gasteiger partial charge in [-0.3, -0.25) is 9.59 Å². The van der Waals surface area contributed by atoms with E-state index in [9.17, 15) is 9.59 Å². The Bertz CT molecular complexity index is 720. The third-order valence-corrected chi connectivity index (χ3v) is 3.55. The molecule has 7 heteroatoms. The molecule has 26 heavy (non-hydrogen) atoms. The summed E-state index contributed by atoms with van der Waals surface area (Å²) >= 11 is 0. The van der Waals surface area contributed by atoms with Gasteiger partial charge < -0.3 is 20.5 Å². The first-order chi connectivity index (χ1) is 12.1. The minimum atomic E-state index is -0.241. The van der Waals surface area contributed by atoms with E-state index in [2.05, 4.69) is 10.1 Å². The van der Waals surface area contributed by atoms with Crippen LogP contribution in [0.5, 0.6) is 5.75 Å². The lowest BCUT2D eigenvalue weighted by atomic mass is 10.1. The number of nitrogen functional groups attached to an aromatic ring is 1. The number of amides is 1. The zero-order valence-electron chi connectivity index (χ0n) is 14.6. The van der Waals surface area contributed by atoms with Crippen molar-refractivity contribution >= 4 is 30.0 Å². The SMILES string of the molecule is COC(=O)CCCOc1ccc(CNC(=O)c2cccc(N)c2)cc1.Cl. The van der Waals surface area contributed by atoms with Crippen LogP contribution in [0.2, 0.25) is 0 Å². The number of nitrogens with two attached hydrogens (primary N) is 1. The zero-order chi connectivity index (χ0) is 18.1. The fourth-order valence-electron chi connectivity index (χ4n) is 2.18. The molecule has 0 spiro atoms. The summed E-state index contributed by atoms with van der Waals surface area (Å²) in [6.07, 6.45) is 0.940. The third kappa shape index (κ3) is 7.03. The van der Waals surface area contributed by atoms with Gasteiger partial charge in [-0.1, -0.05) is 18.2 Å². The number of halogens is 1.